The monoisotopic (exact) mass is 204 g/mol. The second-order valence-electron chi connectivity index (χ2n) is 2.86. The van der Waals surface area contributed by atoms with Gasteiger partial charge in [-0.15, -0.1) is 0 Å². The molecule has 0 aliphatic heterocycles. The number of pyridine rings is 2. The third-order valence-corrected chi connectivity index (χ3v) is 1.70. The van der Waals surface area contributed by atoms with E-state index in [0.717, 1.165) is 0 Å². The summed E-state index contributed by atoms with van der Waals surface area (Å²) in [6.07, 6.45) is 0. The van der Waals surface area contributed by atoms with Gasteiger partial charge in [0.1, 0.15) is 0 Å². The van der Waals surface area contributed by atoms with Crippen LogP contribution in [0.3, 0.4) is 0 Å². The molecule has 2 aromatic heterocycles. The van der Waals surface area contributed by atoms with E-state index >= 15 is 0 Å². The summed E-state index contributed by atoms with van der Waals surface area (Å²) in [5.41, 5.74) is -0.517. The summed E-state index contributed by atoms with van der Waals surface area (Å²) in [4.78, 5) is 26.8. The van der Waals surface area contributed by atoms with Crippen LogP contribution < -0.4 is 15.9 Å². The van der Waals surface area contributed by atoms with Gasteiger partial charge in [-0.3, -0.25) is 19.6 Å². The lowest BCUT2D eigenvalue weighted by atomic mass is 10.5. The van der Waals surface area contributed by atoms with Crippen molar-refractivity contribution in [3.8, 4) is 11.8 Å². The third-order valence-electron chi connectivity index (χ3n) is 1.70. The highest BCUT2D eigenvalue weighted by atomic mass is 16.5. The first kappa shape index (κ1) is 9.26. The van der Waals surface area contributed by atoms with Gasteiger partial charge in [-0.2, -0.15) is 0 Å². The zero-order chi connectivity index (χ0) is 10.7. The highest BCUT2D eigenvalue weighted by Gasteiger charge is 1.97. The predicted molar refractivity (Wildman–Crippen MR) is 54.2 cm³/mol. The first-order valence-electron chi connectivity index (χ1n) is 4.30. The Bertz CT molecular complexity index is 519. The van der Waals surface area contributed by atoms with Crippen molar-refractivity contribution < 1.29 is 4.74 Å². The molecule has 0 aliphatic rings. The van der Waals surface area contributed by atoms with Gasteiger partial charge >= 0.3 is 0 Å². The van der Waals surface area contributed by atoms with E-state index in [1.807, 2.05) is 0 Å². The molecule has 15 heavy (non-hydrogen) atoms. The van der Waals surface area contributed by atoms with Gasteiger partial charge in [0.05, 0.1) is 0 Å². The maximum absolute atomic E-state index is 10.9. The molecule has 0 atom stereocenters. The molecule has 0 spiro atoms. The van der Waals surface area contributed by atoms with Gasteiger partial charge < -0.3 is 4.74 Å². The number of hydrogen-bond donors (Lipinski definition) is 2. The number of rotatable bonds is 2. The summed E-state index contributed by atoms with van der Waals surface area (Å²) in [6.45, 7) is 0. The smallest absolute Gasteiger partial charge is 0.250 e. The lowest BCUT2D eigenvalue weighted by Crippen LogP contribution is -2.07. The van der Waals surface area contributed by atoms with Gasteiger partial charge in [-0.05, 0) is 12.1 Å². The molecule has 0 fully saturated rings. The second-order valence-corrected chi connectivity index (χ2v) is 2.86. The van der Waals surface area contributed by atoms with Crippen LogP contribution in [0.1, 0.15) is 0 Å². The molecule has 2 aromatic rings. The fourth-order valence-electron chi connectivity index (χ4n) is 1.09. The number of aromatic nitrogens is 2. The van der Waals surface area contributed by atoms with E-state index in [9.17, 15) is 9.59 Å². The normalized spacial score (nSPS) is 9.87. The molecular weight excluding hydrogens is 196 g/mol. The zero-order valence-corrected chi connectivity index (χ0v) is 7.69. The molecule has 2 rings (SSSR count). The van der Waals surface area contributed by atoms with Gasteiger partial charge in [0.2, 0.25) is 11.8 Å². The average Bonchev–Trinajstić information content (AvgIpc) is 2.17. The fourth-order valence-corrected chi connectivity index (χ4v) is 1.09. The van der Waals surface area contributed by atoms with E-state index in [4.69, 9.17) is 4.74 Å². The van der Waals surface area contributed by atoms with E-state index in [1.54, 1.807) is 24.3 Å². The topological polar surface area (TPSA) is 75.0 Å². The highest BCUT2D eigenvalue weighted by molar-refractivity contribution is 5.18. The maximum atomic E-state index is 10.9. The molecule has 0 aliphatic carbocycles. The van der Waals surface area contributed by atoms with E-state index in [2.05, 4.69) is 9.97 Å². The van der Waals surface area contributed by atoms with Gasteiger partial charge in [-0.25, -0.2) is 0 Å². The quantitative estimate of drug-likeness (QED) is 0.761. The summed E-state index contributed by atoms with van der Waals surface area (Å²) >= 11 is 0. The van der Waals surface area contributed by atoms with E-state index in [-0.39, 0.29) is 22.9 Å². The van der Waals surface area contributed by atoms with Crippen LogP contribution in [0.15, 0.2) is 46.0 Å². The molecule has 5 heteroatoms. The first-order valence-corrected chi connectivity index (χ1v) is 4.30. The van der Waals surface area contributed by atoms with Crippen LogP contribution >= 0.6 is 0 Å². The minimum atomic E-state index is -0.259. The van der Waals surface area contributed by atoms with Gasteiger partial charge in [0, 0.05) is 12.1 Å². The largest absolute Gasteiger partial charge is 0.425 e. The lowest BCUT2D eigenvalue weighted by molar-refractivity contribution is 0.442. The van der Waals surface area contributed by atoms with Gasteiger partial charge in [0.15, 0.2) is 0 Å². The molecule has 0 amide bonds. The van der Waals surface area contributed by atoms with Crippen molar-refractivity contribution in [1.29, 1.82) is 0 Å². The SMILES string of the molecule is O=c1cccc(Oc2cccc(=O)[nH]2)[nH]1. The Morgan fingerprint density at radius 1 is 0.800 bits per heavy atom. The maximum Gasteiger partial charge on any atom is 0.250 e. The van der Waals surface area contributed by atoms with Crippen molar-refractivity contribution in [3.05, 3.63) is 57.1 Å². The van der Waals surface area contributed by atoms with E-state index in [1.165, 1.54) is 12.1 Å². The summed E-state index contributed by atoms with van der Waals surface area (Å²) in [5, 5.41) is 0. The average molecular weight is 204 g/mol. The summed E-state index contributed by atoms with van der Waals surface area (Å²) < 4.78 is 5.23. The van der Waals surface area contributed by atoms with Crippen molar-refractivity contribution >= 4 is 0 Å². The molecule has 2 N–H and O–H groups in total. The second kappa shape index (κ2) is 3.83. The van der Waals surface area contributed by atoms with Crippen LogP contribution in [-0.4, -0.2) is 9.97 Å². The number of H-pyrrole nitrogens is 2. The molecular formula is C10H8N2O3. The Morgan fingerprint density at radius 2 is 1.27 bits per heavy atom. The van der Waals surface area contributed by atoms with Gasteiger partial charge in [0.25, 0.3) is 11.1 Å². The Kier molecular flexibility index (Phi) is 2.37. The van der Waals surface area contributed by atoms with Gasteiger partial charge in [-0.1, -0.05) is 12.1 Å². The lowest BCUT2D eigenvalue weighted by Gasteiger charge is -2.02. The molecule has 76 valence electrons. The Labute approximate surface area is 84.4 Å². The van der Waals surface area contributed by atoms with Crippen molar-refractivity contribution in [3.63, 3.8) is 0 Å². The highest BCUT2D eigenvalue weighted by Crippen LogP contribution is 2.12. The summed E-state index contributed by atoms with van der Waals surface area (Å²) in [6, 6.07) is 9.06. The molecule has 0 saturated heterocycles. The van der Waals surface area contributed by atoms with Crippen LogP contribution in [0.25, 0.3) is 0 Å². The van der Waals surface area contributed by atoms with Crippen molar-refractivity contribution in [2.75, 3.05) is 0 Å². The third kappa shape index (κ3) is 2.34. The van der Waals surface area contributed by atoms with Crippen molar-refractivity contribution in [1.82, 2.24) is 9.97 Å². The first-order chi connectivity index (χ1) is 7.24. The predicted octanol–water partition coefficient (Wildman–Crippen LogP) is 0.855. The molecule has 2 heterocycles. The van der Waals surface area contributed by atoms with Crippen LogP contribution in [0.4, 0.5) is 0 Å². The molecule has 0 aromatic carbocycles. The summed E-state index contributed by atoms with van der Waals surface area (Å²) in [5.74, 6) is 0.564. The molecule has 0 unspecified atom stereocenters. The Morgan fingerprint density at radius 3 is 1.67 bits per heavy atom. The van der Waals surface area contributed by atoms with Crippen LogP contribution in [0.5, 0.6) is 11.8 Å². The van der Waals surface area contributed by atoms with Crippen LogP contribution in [0, 0.1) is 0 Å². The van der Waals surface area contributed by atoms with Crippen LogP contribution in [-0.2, 0) is 0 Å². The molecule has 5 nitrogen and oxygen atoms in total. The number of hydrogen-bond acceptors (Lipinski definition) is 3. The van der Waals surface area contributed by atoms with E-state index < -0.39 is 0 Å². The minimum absolute atomic E-state index is 0.259. The molecule has 0 radical (unpaired) electrons. The Balaban J connectivity index is 2.29. The zero-order valence-electron chi connectivity index (χ0n) is 7.69. The van der Waals surface area contributed by atoms with Crippen molar-refractivity contribution in [2.24, 2.45) is 0 Å². The van der Waals surface area contributed by atoms with Crippen LogP contribution in [0.2, 0.25) is 0 Å². The molecule has 0 saturated carbocycles. The fraction of sp³-hybridized carbons (Fsp3) is 0. The Hall–Kier alpha value is -2.30. The number of ether oxygens (including phenoxy) is 1. The minimum Gasteiger partial charge on any atom is -0.425 e. The van der Waals surface area contributed by atoms with Crippen molar-refractivity contribution in [2.45, 2.75) is 0 Å². The summed E-state index contributed by atoms with van der Waals surface area (Å²) in [7, 11) is 0. The number of nitrogens with one attached hydrogen (secondary N) is 2. The number of aromatic amines is 2. The standard InChI is InChI=1S/C10H8N2O3/c13-7-3-1-5-9(11-7)15-10-6-2-4-8(14)12-10/h1-6H,(H,11,13)(H,12,14). The van der Waals surface area contributed by atoms with E-state index in [0.29, 0.717) is 0 Å². The molecule has 0 bridgehead atoms.